The molecule has 0 aliphatic rings. The fourth-order valence-electron chi connectivity index (χ4n) is 9.97. The van der Waals surface area contributed by atoms with Crippen LogP contribution >= 0.6 is 0 Å². The van der Waals surface area contributed by atoms with Crippen LogP contribution in [0.25, 0.3) is 0 Å². The van der Waals surface area contributed by atoms with Crippen molar-refractivity contribution in [1.82, 2.24) is 0 Å². The lowest BCUT2D eigenvalue weighted by atomic mass is 10.0. The molecule has 0 spiro atoms. The Morgan fingerprint density at radius 2 is 0.487 bits per heavy atom. The van der Waals surface area contributed by atoms with Crippen LogP contribution in [0.15, 0.2) is 85.1 Å². The Bertz CT molecular complexity index is 1520. The van der Waals surface area contributed by atoms with Gasteiger partial charge in [0.1, 0.15) is 13.2 Å². The summed E-state index contributed by atoms with van der Waals surface area (Å²) in [4.78, 5) is 38.4. The molecular formula is C74H130O6. The normalized spacial score (nSPS) is 12.6. The number of hydrogen-bond acceptors (Lipinski definition) is 6. The molecule has 462 valence electrons. The third-order valence-electron chi connectivity index (χ3n) is 15.1. The Morgan fingerprint density at radius 3 is 0.775 bits per heavy atom. The molecule has 6 heteroatoms. The molecule has 0 saturated carbocycles. The monoisotopic (exact) mass is 1110 g/mol. The van der Waals surface area contributed by atoms with Crippen LogP contribution in [0.4, 0.5) is 0 Å². The van der Waals surface area contributed by atoms with Gasteiger partial charge in [-0.05, 0) is 96.3 Å². The number of ether oxygens (including phenoxy) is 3. The summed E-state index contributed by atoms with van der Waals surface area (Å²) in [6.45, 7) is 6.56. The van der Waals surface area contributed by atoms with Crippen LogP contribution in [0.1, 0.15) is 348 Å². The first-order chi connectivity index (χ1) is 39.5. The number of allylic oxidation sites excluding steroid dienone is 14. The molecule has 0 saturated heterocycles. The summed E-state index contributed by atoms with van der Waals surface area (Å²) in [6, 6.07) is 0. The molecule has 0 radical (unpaired) electrons. The predicted octanol–water partition coefficient (Wildman–Crippen LogP) is 23.8. The minimum absolute atomic E-state index is 0.0824. The summed E-state index contributed by atoms with van der Waals surface area (Å²) in [5, 5.41) is 0. The topological polar surface area (TPSA) is 78.9 Å². The van der Waals surface area contributed by atoms with E-state index in [1.165, 1.54) is 193 Å². The van der Waals surface area contributed by atoms with Crippen LogP contribution in [0, 0.1) is 0 Å². The molecule has 0 aromatic rings. The number of rotatable bonds is 63. The van der Waals surface area contributed by atoms with E-state index in [0.717, 1.165) is 116 Å². The zero-order valence-electron chi connectivity index (χ0n) is 53.1. The molecule has 0 aliphatic heterocycles. The van der Waals surface area contributed by atoms with Crippen LogP contribution in [0.3, 0.4) is 0 Å². The van der Waals surface area contributed by atoms with Crippen LogP contribution in [-0.2, 0) is 28.6 Å². The predicted molar refractivity (Wildman–Crippen MR) is 348 cm³/mol. The van der Waals surface area contributed by atoms with Crippen molar-refractivity contribution < 1.29 is 28.6 Å². The second kappa shape index (κ2) is 68.1. The largest absolute Gasteiger partial charge is 0.462 e. The van der Waals surface area contributed by atoms with Crippen LogP contribution in [0.5, 0.6) is 0 Å². The third-order valence-corrected chi connectivity index (χ3v) is 15.1. The maximum Gasteiger partial charge on any atom is 0.306 e. The molecule has 1 atom stereocenters. The number of hydrogen-bond donors (Lipinski definition) is 0. The number of esters is 3. The van der Waals surface area contributed by atoms with Gasteiger partial charge in [-0.25, -0.2) is 0 Å². The fraction of sp³-hybridized carbons (Fsp3) is 0.770. The lowest BCUT2D eigenvalue weighted by Crippen LogP contribution is -2.30. The van der Waals surface area contributed by atoms with Crippen LogP contribution in [0.2, 0.25) is 0 Å². The molecule has 0 aromatic carbocycles. The van der Waals surface area contributed by atoms with Crippen molar-refractivity contribution in [2.45, 2.75) is 354 Å². The third kappa shape index (κ3) is 65.4. The molecule has 0 bridgehead atoms. The molecule has 0 amide bonds. The lowest BCUT2D eigenvalue weighted by molar-refractivity contribution is -0.167. The van der Waals surface area contributed by atoms with Gasteiger partial charge in [0, 0.05) is 19.3 Å². The first kappa shape index (κ1) is 76.6. The molecule has 0 fully saturated rings. The molecule has 0 aliphatic carbocycles. The van der Waals surface area contributed by atoms with Crippen molar-refractivity contribution in [3.8, 4) is 0 Å². The zero-order valence-corrected chi connectivity index (χ0v) is 53.1. The van der Waals surface area contributed by atoms with E-state index in [0.29, 0.717) is 19.3 Å². The van der Waals surface area contributed by atoms with Gasteiger partial charge in [0.15, 0.2) is 6.10 Å². The van der Waals surface area contributed by atoms with Gasteiger partial charge < -0.3 is 14.2 Å². The van der Waals surface area contributed by atoms with Gasteiger partial charge in [-0.2, -0.15) is 0 Å². The Morgan fingerprint density at radius 1 is 0.263 bits per heavy atom. The van der Waals surface area contributed by atoms with Crippen LogP contribution < -0.4 is 0 Å². The molecule has 0 N–H and O–H groups in total. The van der Waals surface area contributed by atoms with Crippen molar-refractivity contribution in [1.29, 1.82) is 0 Å². The average molecular weight is 1120 g/mol. The molecule has 0 heterocycles. The maximum absolute atomic E-state index is 13.0. The Labute approximate surface area is 496 Å². The van der Waals surface area contributed by atoms with E-state index in [2.05, 4.69) is 106 Å². The van der Waals surface area contributed by atoms with Gasteiger partial charge >= 0.3 is 17.9 Å². The zero-order chi connectivity index (χ0) is 57.8. The van der Waals surface area contributed by atoms with Gasteiger partial charge in [0.2, 0.25) is 0 Å². The fourth-order valence-corrected chi connectivity index (χ4v) is 9.97. The van der Waals surface area contributed by atoms with Gasteiger partial charge in [-0.1, -0.05) is 318 Å². The van der Waals surface area contributed by atoms with Gasteiger partial charge in [-0.3, -0.25) is 14.4 Å². The quantitative estimate of drug-likeness (QED) is 0.0261. The van der Waals surface area contributed by atoms with Crippen LogP contribution in [-0.4, -0.2) is 37.2 Å². The summed E-state index contributed by atoms with van der Waals surface area (Å²) in [6.07, 6.45) is 90.2. The van der Waals surface area contributed by atoms with Crippen molar-refractivity contribution >= 4 is 17.9 Å². The van der Waals surface area contributed by atoms with E-state index in [4.69, 9.17) is 14.2 Å². The summed E-state index contributed by atoms with van der Waals surface area (Å²) in [5.41, 5.74) is 0. The lowest BCUT2D eigenvalue weighted by Gasteiger charge is -2.18. The summed E-state index contributed by atoms with van der Waals surface area (Å²) < 4.78 is 17.0. The molecule has 6 nitrogen and oxygen atoms in total. The molecule has 0 rings (SSSR count). The first-order valence-electron chi connectivity index (χ1n) is 34.6. The standard InChI is InChI=1S/C74H130O6/c1-4-7-10-13-16-19-22-25-28-31-33-35-36-37-38-40-41-43-46-49-52-55-58-61-64-67-73(76)79-70-71(69-78-72(75)66-63-60-57-54-51-48-45-30-27-24-21-18-15-12-9-6-3)80-74(77)68-65-62-59-56-53-50-47-44-42-39-34-32-29-26-23-20-17-14-11-8-5-2/h7,10,16,19,25,28,30,33,35,37-38,41,43,45,71H,4-6,8-9,11-15,17-18,20-24,26-27,29,31-32,34,36,39-40,42,44,46-70H2,1-3H3/b10-7-,19-16-,28-25-,35-33-,38-37-,43-41-,45-30-. The molecular weight excluding hydrogens is 985 g/mol. The molecule has 80 heavy (non-hydrogen) atoms. The Hall–Kier alpha value is -3.41. The summed E-state index contributed by atoms with van der Waals surface area (Å²) in [5.74, 6) is -0.885. The van der Waals surface area contributed by atoms with Gasteiger partial charge in [-0.15, -0.1) is 0 Å². The minimum Gasteiger partial charge on any atom is -0.462 e. The van der Waals surface area contributed by atoms with E-state index < -0.39 is 6.10 Å². The van der Waals surface area contributed by atoms with Crippen molar-refractivity contribution in [2.24, 2.45) is 0 Å². The van der Waals surface area contributed by atoms with Crippen molar-refractivity contribution in [3.63, 3.8) is 0 Å². The average Bonchev–Trinajstić information content (AvgIpc) is 3.46. The van der Waals surface area contributed by atoms with E-state index in [-0.39, 0.29) is 31.1 Å². The Kier molecular flexibility index (Phi) is 65.2. The number of carbonyl (C=O) groups is 3. The van der Waals surface area contributed by atoms with E-state index in [1.54, 1.807) is 0 Å². The van der Waals surface area contributed by atoms with Gasteiger partial charge in [0.05, 0.1) is 0 Å². The van der Waals surface area contributed by atoms with E-state index >= 15 is 0 Å². The molecule has 1 unspecified atom stereocenters. The van der Waals surface area contributed by atoms with Crippen molar-refractivity contribution in [2.75, 3.05) is 13.2 Å². The number of unbranched alkanes of at least 4 members (excludes halogenated alkanes) is 38. The van der Waals surface area contributed by atoms with Gasteiger partial charge in [0.25, 0.3) is 0 Å². The second-order valence-corrected chi connectivity index (χ2v) is 23.1. The highest BCUT2D eigenvalue weighted by atomic mass is 16.6. The highest BCUT2D eigenvalue weighted by Crippen LogP contribution is 2.17. The van der Waals surface area contributed by atoms with E-state index in [1.807, 2.05) is 0 Å². The Balaban J connectivity index is 4.38. The SMILES string of the molecule is CC/C=C\C/C=C\C/C=C\C/C=C\C/C=C\C/C=C\CCCCCCCCC(=O)OCC(COC(=O)CCCCCCC/C=C\CCCCCCCCC)OC(=O)CCCCCCCCCCCCCCCCCCCCCCC. The summed E-state index contributed by atoms with van der Waals surface area (Å²) in [7, 11) is 0. The van der Waals surface area contributed by atoms with Crippen molar-refractivity contribution in [3.05, 3.63) is 85.1 Å². The minimum atomic E-state index is -0.787. The maximum atomic E-state index is 13.0. The number of carbonyl (C=O) groups excluding carboxylic acids is 3. The summed E-state index contributed by atoms with van der Waals surface area (Å²) >= 11 is 0. The molecule has 0 aromatic heterocycles. The second-order valence-electron chi connectivity index (χ2n) is 23.1. The van der Waals surface area contributed by atoms with E-state index in [9.17, 15) is 14.4 Å². The highest BCUT2D eigenvalue weighted by Gasteiger charge is 2.19. The smallest absolute Gasteiger partial charge is 0.306 e. The first-order valence-corrected chi connectivity index (χ1v) is 34.6. The highest BCUT2D eigenvalue weighted by molar-refractivity contribution is 5.71.